The normalized spacial score (nSPS) is 10.2. The number of pyridine rings is 1. The van der Waals surface area contributed by atoms with Gasteiger partial charge in [-0.05, 0) is 12.1 Å². The zero-order valence-corrected chi connectivity index (χ0v) is 9.16. The van der Waals surface area contributed by atoms with Crippen LogP contribution in [0.1, 0.15) is 16.3 Å². The Morgan fingerprint density at radius 1 is 1.47 bits per heavy atom. The number of anilines is 1. The van der Waals surface area contributed by atoms with Crippen LogP contribution in [0.2, 0.25) is 0 Å². The molecule has 0 atom stereocenters. The fourth-order valence-corrected chi connectivity index (χ4v) is 1.27. The maximum Gasteiger partial charge on any atom is 0.354 e. The molecule has 2 aromatic heterocycles. The van der Waals surface area contributed by atoms with Gasteiger partial charge in [0.2, 0.25) is 0 Å². The van der Waals surface area contributed by atoms with E-state index in [4.69, 9.17) is 5.11 Å². The monoisotopic (exact) mass is 233 g/mol. The number of carbonyl (C=O) groups is 1. The van der Waals surface area contributed by atoms with Crippen LogP contribution in [0.25, 0.3) is 0 Å². The molecule has 0 radical (unpaired) electrons. The van der Waals surface area contributed by atoms with Crippen molar-refractivity contribution < 1.29 is 9.90 Å². The van der Waals surface area contributed by atoms with Crippen LogP contribution in [0.4, 0.5) is 5.69 Å². The van der Waals surface area contributed by atoms with Gasteiger partial charge in [0.1, 0.15) is 12.0 Å². The van der Waals surface area contributed by atoms with Crippen molar-refractivity contribution in [2.24, 2.45) is 7.05 Å². The Kier molecular flexibility index (Phi) is 2.99. The van der Waals surface area contributed by atoms with Crippen molar-refractivity contribution in [3.05, 3.63) is 36.2 Å². The van der Waals surface area contributed by atoms with Crippen molar-refractivity contribution in [1.82, 2.24) is 19.7 Å². The summed E-state index contributed by atoms with van der Waals surface area (Å²) in [4.78, 5) is 18.4. The Morgan fingerprint density at radius 2 is 2.29 bits per heavy atom. The first kappa shape index (κ1) is 11.1. The fourth-order valence-electron chi connectivity index (χ4n) is 1.27. The minimum atomic E-state index is -1.04. The molecule has 2 rings (SSSR count). The number of carboxylic acids is 1. The molecule has 0 aliphatic heterocycles. The van der Waals surface area contributed by atoms with Crippen molar-refractivity contribution >= 4 is 11.7 Å². The summed E-state index contributed by atoms with van der Waals surface area (Å²) in [5, 5.41) is 15.8. The van der Waals surface area contributed by atoms with E-state index in [-0.39, 0.29) is 5.69 Å². The molecule has 0 bridgehead atoms. The van der Waals surface area contributed by atoms with Crippen molar-refractivity contribution in [2.75, 3.05) is 5.32 Å². The number of hydrogen-bond donors (Lipinski definition) is 2. The summed E-state index contributed by atoms with van der Waals surface area (Å²) in [5.74, 6) is -0.377. The maximum atomic E-state index is 10.6. The van der Waals surface area contributed by atoms with E-state index in [1.807, 2.05) is 0 Å². The fraction of sp³-hybridized carbons (Fsp3) is 0.200. The molecule has 0 amide bonds. The average molecular weight is 233 g/mol. The van der Waals surface area contributed by atoms with Gasteiger partial charge in [-0.3, -0.25) is 4.68 Å². The molecule has 7 nitrogen and oxygen atoms in total. The Bertz CT molecular complexity index is 520. The van der Waals surface area contributed by atoms with Gasteiger partial charge in [-0.25, -0.2) is 14.8 Å². The Hall–Kier alpha value is -2.44. The van der Waals surface area contributed by atoms with E-state index in [9.17, 15) is 4.79 Å². The topological polar surface area (TPSA) is 92.9 Å². The van der Waals surface area contributed by atoms with Crippen molar-refractivity contribution in [1.29, 1.82) is 0 Å². The van der Waals surface area contributed by atoms with Gasteiger partial charge >= 0.3 is 5.97 Å². The van der Waals surface area contributed by atoms with Crippen LogP contribution in [0.15, 0.2) is 24.7 Å². The second kappa shape index (κ2) is 4.60. The lowest BCUT2D eigenvalue weighted by atomic mass is 10.3. The van der Waals surface area contributed by atoms with Crippen LogP contribution in [0.5, 0.6) is 0 Å². The number of aromatic carboxylic acids is 1. The molecular formula is C10H11N5O2. The highest BCUT2D eigenvalue weighted by molar-refractivity contribution is 5.85. The van der Waals surface area contributed by atoms with Gasteiger partial charge in [0.25, 0.3) is 0 Å². The van der Waals surface area contributed by atoms with E-state index in [1.165, 1.54) is 12.3 Å². The molecular weight excluding hydrogens is 222 g/mol. The maximum absolute atomic E-state index is 10.6. The van der Waals surface area contributed by atoms with Crippen molar-refractivity contribution in [3.63, 3.8) is 0 Å². The summed E-state index contributed by atoms with van der Waals surface area (Å²) < 4.78 is 1.61. The minimum Gasteiger partial charge on any atom is -0.477 e. The molecule has 0 aliphatic rings. The van der Waals surface area contributed by atoms with Crippen molar-refractivity contribution in [2.45, 2.75) is 6.54 Å². The number of carboxylic acid groups (broad SMARTS) is 1. The number of nitrogens with zero attached hydrogens (tertiary/aromatic N) is 4. The summed E-state index contributed by atoms with van der Waals surface area (Å²) in [6.45, 7) is 0.467. The molecule has 0 aromatic carbocycles. The van der Waals surface area contributed by atoms with E-state index in [0.29, 0.717) is 12.4 Å². The Balaban J connectivity index is 1.97. The molecule has 7 heteroatoms. The highest BCUT2D eigenvalue weighted by Gasteiger charge is 2.04. The summed E-state index contributed by atoms with van der Waals surface area (Å²) >= 11 is 0. The van der Waals surface area contributed by atoms with E-state index < -0.39 is 5.97 Å². The van der Waals surface area contributed by atoms with Gasteiger partial charge in [-0.15, -0.1) is 0 Å². The summed E-state index contributed by atoms with van der Waals surface area (Å²) in [6.07, 6.45) is 3.08. The van der Waals surface area contributed by atoms with Crippen LogP contribution in [-0.4, -0.2) is 30.8 Å². The number of hydrogen-bond acceptors (Lipinski definition) is 5. The SMILES string of the molecule is Cn1cnc(CNc2ccc(C(=O)O)nc2)n1. The number of aromatic nitrogens is 4. The highest BCUT2D eigenvalue weighted by atomic mass is 16.4. The third-order valence-electron chi connectivity index (χ3n) is 2.08. The molecule has 2 aromatic rings. The van der Waals surface area contributed by atoms with E-state index in [2.05, 4.69) is 20.4 Å². The van der Waals surface area contributed by atoms with Gasteiger partial charge in [-0.1, -0.05) is 0 Å². The predicted octanol–water partition coefficient (Wildman–Crippen LogP) is 0.520. The third kappa shape index (κ3) is 2.77. The first-order valence-corrected chi connectivity index (χ1v) is 4.93. The standard InChI is InChI=1S/C10H11N5O2/c1-15-6-13-9(14-15)5-11-7-2-3-8(10(16)17)12-4-7/h2-4,6,11H,5H2,1H3,(H,16,17). The summed E-state index contributed by atoms with van der Waals surface area (Å²) in [6, 6.07) is 3.09. The molecule has 0 saturated heterocycles. The van der Waals surface area contributed by atoms with Gasteiger partial charge in [0.15, 0.2) is 5.82 Å². The molecule has 0 spiro atoms. The van der Waals surface area contributed by atoms with Crippen LogP contribution in [0.3, 0.4) is 0 Å². The zero-order valence-electron chi connectivity index (χ0n) is 9.16. The molecule has 2 heterocycles. The average Bonchev–Trinajstić information content (AvgIpc) is 2.73. The van der Waals surface area contributed by atoms with E-state index >= 15 is 0 Å². The number of rotatable bonds is 4. The smallest absolute Gasteiger partial charge is 0.354 e. The van der Waals surface area contributed by atoms with E-state index in [0.717, 1.165) is 5.69 Å². The van der Waals surface area contributed by atoms with Crippen LogP contribution < -0.4 is 5.32 Å². The Morgan fingerprint density at radius 3 is 2.82 bits per heavy atom. The van der Waals surface area contributed by atoms with Crippen LogP contribution >= 0.6 is 0 Å². The molecule has 0 unspecified atom stereocenters. The van der Waals surface area contributed by atoms with Gasteiger partial charge in [0.05, 0.1) is 18.4 Å². The largest absolute Gasteiger partial charge is 0.477 e. The predicted molar refractivity (Wildman–Crippen MR) is 59.5 cm³/mol. The minimum absolute atomic E-state index is 0.0199. The second-order valence-electron chi connectivity index (χ2n) is 3.43. The second-order valence-corrected chi connectivity index (χ2v) is 3.43. The lowest BCUT2D eigenvalue weighted by Gasteiger charge is -2.03. The molecule has 17 heavy (non-hydrogen) atoms. The molecule has 0 fully saturated rings. The number of aryl methyl sites for hydroxylation is 1. The first-order valence-electron chi connectivity index (χ1n) is 4.93. The summed E-state index contributed by atoms with van der Waals surface area (Å²) in [5.41, 5.74) is 0.744. The summed E-state index contributed by atoms with van der Waals surface area (Å²) in [7, 11) is 1.79. The van der Waals surface area contributed by atoms with Crippen molar-refractivity contribution in [3.8, 4) is 0 Å². The van der Waals surface area contributed by atoms with Crippen LogP contribution in [-0.2, 0) is 13.6 Å². The van der Waals surface area contributed by atoms with Gasteiger partial charge in [0, 0.05) is 7.05 Å². The van der Waals surface area contributed by atoms with Crippen LogP contribution in [0, 0.1) is 0 Å². The molecule has 88 valence electrons. The molecule has 0 aliphatic carbocycles. The third-order valence-corrected chi connectivity index (χ3v) is 2.08. The highest BCUT2D eigenvalue weighted by Crippen LogP contribution is 2.07. The molecule has 0 saturated carbocycles. The Labute approximate surface area is 97.1 Å². The number of nitrogens with one attached hydrogen (secondary N) is 1. The quantitative estimate of drug-likeness (QED) is 0.799. The molecule has 2 N–H and O–H groups in total. The zero-order chi connectivity index (χ0) is 12.3. The van der Waals surface area contributed by atoms with Gasteiger partial charge < -0.3 is 10.4 Å². The van der Waals surface area contributed by atoms with Gasteiger partial charge in [-0.2, -0.15) is 5.10 Å². The van der Waals surface area contributed by atoms with E-state index in [1.54, 1.807) is 24.1 Å². The lowest BCUT2D eigenvalue weighted by Crippen LogP contribution is -2.04. The first-order chi connectivity index (χ1) is 8.15. The lowest BCUT2D eigenvalue weighted by molar-refractivity contribution is 0.0690.